The van der Waals surface area contributed by atoms with E-state index in [1.54, 1.807) is 24.3 Å². The zero-order chi connectivity index (χ0) is 20.1. The Bertz CT molecular complexity index is 1040. The molecule has 0 atom stereocenters. The van der Waals surface area contributed by atoms with Crippen molar-refractivity contribution in [3.63, 3.8) is 0 Å². The van der Waals surface area contributed by atoms with E-state index in [2.05, 4.69) is 20.6 Å². The van der Waals surface area contributed by atoms with Crippen molar-refractivity contribution in [1.82, 2.24) is 9.97 Å². The van der Waals surface area contributed by atoms with Crippen LogP contribution in [0.1, 0.15) is 26.4 Å². The molecular formula is C20H17ClN4O3. The summed E-state index contributed by atoms with van der Waals surface area (Å²) in [7, 11) is 1.30. The Hall–Kier alpha value is -3.45. The average Bonchev–Trinajstić information content (AvgIpc) is 2.69. The van der Waals surface area contributed by atoms with Crippen molar-refractivity contribution in [2.45, 2.75) is 6.92 Å². The summed E-state index contributed by atoms with van der Waals surface area (Å²) in [6.07, 6.45) is 1.27. The van der Waals surface area contributed by atoms with Crippen molar-refractivity contribution in [2.75, 3.05) is 17.7 Å². The number of carbonyl (C=O) groups excluding carboxylic acids is 2. The molecule has 0 aliphatic rings. The molecule has 1 amide bonds. The van der Waals surface area contributed by atoms with Crippen LogP contribution in [-0.2, 0) is 4.74 Å². The van der Waals surface area contributed by atoms with E-state index >= 15 is 0 Å². The van der Waals surface area contributed by atoms with Crippen molar-refractivity contribution < 1.29 is 14.3 Å². The van der Waals surface area contributed by atoms with Crippen LogP contribution in [0.5, 0.6) is 0 Å². The number of halogens is 1. The largest absolute Gasteiger partial charge is 0.465 e. The van der Waals surface area contributed by atoms with E-state index in [1.807, 2.05) is 25.1 Å². The number of aromatic nitrogens is 2. The van der Waals surface area contributed by atoms with Crippen LogP contribution in [0.3, 0.4) is 0 Å². The van der Waals surface area contributed by atoms with Gasteiger partial charge in [0.1, 0.15) is 17.8 Å². The predicted molar refractivity (Wildman–Crippen MR) is 107 cm³/mol. The quantitative estimate of drug-likeness (QED) is 0.627. The van der Waals surface area contributed by atoms with Gasteiger partial charge in [0.2, 0.25) is 0 Å². The SMILES string of the molecule is COC(=O)c1ccc(Cl)c(Nc2cc(C(=O)Nc3cccc(C)c3)ncn2)c1. The molecule has 0 spiro atoms. The molecule has 8 heteroatoms. The lowest BCUT2D eigenvalue weighted by molar-refractivity contribution is 0.0600. The van der Waals surface area contributed by atoms with Gasteiger partial charge in [-0.05, 0) is 42.8 Å². The topological polar surface area (TPSA) is 93.2 Å². The third-order valence-corrected chi connectivity index (χ3v) is 4.16. The second-order valence-electron chi connectivity index (χ2n) is 5.92. The second kappa shape index (κ2) is 8.49. The number of hydrogen-bond acceptors (Lipinski definition) is 6. The maximum atomic E-state index is 12.5. The molecule has 2 N–H and O–H groups in total. The molecule has 0 saturated heterocycles. The van der Waals surface area contributed by atoms with Gasteiger partial charge < -0.3 is 15.4 Å². The first-order valence-electron chi connectivity index (χ1n) is 8.31. The van der Waals surface area contributed by atoms with E-state index in [0.717, 1.165) is 5.56 Å². The molecule has 142 valence electrons. The number of ether oxygens (including phenoxy) is 1. The highest BCUT2D eigenvalue weighted by atomic mass is 35.5. The highest BCUT2D eigenvalue weighted by Crippen LogP contribution is 2.26. The molecule has 1 heterocycles. The Kier molecular flexibility index (Phi) is 5.86. The highest BCUT2D eigenvalue weighted by Gasteiger charge is 2.12. The van der Waals surface area contributed by atoms with Gasteiger partial charge in [-0.2, -0.15) is 0 Å². The van der Waals surface area contributed by atoms with Crippen LogP contribution in [-0.4, -0.2) is 29.0 Å². The van der Waals surface area contributed by atoms with Crippen molar-refractivity contribution in [3.8, 4) is 0 Å². The van der Waals surface area contributed by atoms with Gasteiger partial charge in [0.15, 0.2) is 0 Å². The normalized spacial score (nSPS) is 10.2. The van der Waals surface area contributed by atoms with Crippen LogP contribution in [0.25, 0.3) is 0 Å². The van der Waals surface area contributed by atoms with Crippen molar-refractivity contribution in [2.24, 2.45) is 0 Å². The number of benzene rings is 2. The monoisotopic (exact) mass is 396 g/mol. The molecule has 0 unspecified atom stereocenters. The second-order valence-corrected chi connectivity index (χ2v) is 6.33. The lowest BCUT2D eigenvalue weighted by Crippen LogP contribution is -2.14. The fourth-order valence-electron chi connectivity index (χ4n) is 2.47. The molecular weight excluding hydrogens is 380 g/mol. The first kappa shape index (κ1) is 19.3. The van der Waals surface area contributed by atoms with E-state index in [9.17, 15) is 9.59 Å². The van der Waals surface area contributed by atoms with Gasteiger partial charge in [0, 0.05) is 11.8 Å². The third-order valence-electron chi connectivity index (χ3n) is 3.83. The fourth-order valence-corrected chi connectivity index (χ4v) is 2.64. The number of hydrogen-bond donors (Lipinski definition) is 2. The van der Waals surface area contributed by atoms with Crippen molar-refractivity contribution in [1.29, 1.82) is 0 Å². The summed E-state index contributed by atoms with van der Waals surface area (Å²) >= 11 is 6.18. The van der Waals surface area contributed by atoms with Crippen molar-refractivity contribution in [3.05, 3.63) is 76.7 Å². The van der Waals surface area contributed by atoms with Gasteiger partial charge in [0.25, 0.3) is 5.91 Å². The van der Waals surface area contributed by atoms with Crippen LogP contribution in [0.2, 0.25) is 5.02 Å². The Morgan fingerprint density at radius 1 is 1.07 bits per heavy atom. The molecule has 0 bridgehead atoms. The number of carbonyl (C=O) groups is 2. The molecule has 2 aromatic carbocycles. The lowest BCUT2D eigenvalue weighted by Gasteiger charge is -2.10. The maximum absolute atomic E-state index is 12.5. The molecule has 0 aliphatic heterocycles. The van der Waals surface area contributed by atoms with E-state index in [-0.39, 0.29) is 11.6 Å². The Morgan fingerprint density at radius 3 is 2.64 bits per heavy atom. The van der Waals surface area contributed by atoms with Crippen LogP contribution in [0.15, 0.2) is 54.9 Å². The number of methoxy groups -OCH3 is 1. The Balaban J connectivity index is 1.80. The standard InChI is InChI=1S/C20H17ClN4O3/c1-12-4-3-5-14(8-12)24-19(26)17-10-18(23-11-22-17)25-16-9-13(20(27)28-2)6-7-15(16)21/h3-11H,1-2H3,(H,24,26)(H,22,23,25). The van der Waals surface area contributed by atoms with Gasteiger partial charge in [-0.25, -0.2) is 14.8 Å². The van der Waals surface area contributed by atoms with Crippen molar-refractivity contribution >= 4 is 40.7 Å². The van der Waals surface area contributed by atoms with E-state index in [0.29, 0.717) is 27.8 Å². The van der Waals surface area contributed by atoms with Gasteiger partial charge in [-0.1, -0.05) is 23.7 Å². The summed E-state index contributed by atoms with van der Waals surface area (Å²) in [6.45, 7) is 1.94. The summed E-state index contributed by atoms with van der Waals surface area (Å²) in [5.74, 6) is -0.501. The number of amides is 1. The maximum Gasteiger partial charge on any atom is 0.337 e. The minimum atomic E-state index is -0.486. The zero-order valence-electron chi connectivity index (χ0n) is 15.2. The van der Waals surface area contributed by atoms with Crippen LogP contribution < -0.4 is 10.6 Å². The smallest absolute Gasteiger partial charge is 0.337 e. The van der Waals surface area contributed by atoms with Crippen LogP contribution >= 0.6 is 11.6 Å². The van der Waals surface area contributed by atoms with Gasteiger partial charge in [-0.3, -0.25) is 4.79 Å². The minimum absolute atomic E-state index is 0.180. The molecule has 3 aromatic rings. The Morgan fingerprint density at radius 2 is 1.89 bits per heavy atom. The zero-order valence-corrected chi connectivity index (χ0v) is 15.9. The third kappa shape index (κ3) is 4.63. The molecule has 0 aliphatic carbocycles. The molecule has 0 saturated carbocycles. The summed E-state index contributed by atoms with van der Waals surface area (Å²) in [6, 6.07) is 13.6. The summed E-state index contributed by atoms with van der Waals surface area (Å²) < 4.78 is 4.71. The van der Waals surface area contributed by atoms with Gasteiger partial charge >= 0.3 is 5.97 Å². The average molecular weight is 397 g/mol. The van der Waals surface area contributed by atoms with E-state index < -0.39 is 5.97 Å². The number of nitrogens with zero attached hydrogens (tertiary/aromatic N) is 2. The first-order chi connectivity index (χ1) is 13.5. The highest BCUT2D eigenvalue weighted by molar-refractivity contribution is 6.33. The number of nitrogens with one attached hydrogen (secondary N) is 2. The van der Waals surface area contributed by atoms with Gasteiger partial charge in [0.05, 0.1) is 23.4 Å². The molecule has 0 fully saturated rings. The molecule has 0 radical (unpaired) electrons. The summed E-state index contributed by atoms with van der Waals surface area (Å²) in [5.41, 5.74) is 2.67. The molecule has 28 heavy (non-hydrogen) atoms. The minimum Gasteiger partial charge on any atom is -0.465 e. The lowest BCUT2D eigenvalue weighted by atomic mass is 10.2. The summed E-state index contributed by atoms with van der Waals surface area (Å²) in [5, 5.41) is 6.16. The molecule has 7 nitrogen and oxygen atoms in total. The van der Waals surface area contributed by atoms with E-state index in [1.165, 1.54) is 19.5 Å². The number of esters is 1. The number of rotatable bonds is 5. The molecule has 1 aromatic heterocycles. The first-order valence-corrected chi connectivity index (χ1v) is 8.69. The number of aryl methyl sites for hydroxylation is 1. The van der Waals surface area contributed by atoms with E-state index in [4.69, 9.17) is 16.3 Å². The predicted octanol–water partition coefficient (Wildman–Crippen LogP) is 4.22. The Labute approximate surface area is 166 Å². The number of anilines is 3. The van der Waals surface area contributed by atoms with Gasteiger partial charge in [-0.15, -0.1) is 0 Å². The summed E-state index contributed by atoms with van der Waals surface area (Å²) in [4.78, 5) is 32.3. The molecule has 3 rings (SSSR count). The van der Waals surface area contributed by atoms with Crippen LogP contribution in [0.4, 0.5) is 17.2 Å². The fraction of sp³-hybridized carbons (Fsp3) is 0.100. The van der Waals surface area contributed by atoms with Crippen LogP contribution in [0, 0.1) is 6.92 Å².